The summed E-state index contributed by atoms with van der Waals surface area (Å²) in [5, 5.41) is 10.5. The molecule has 0 aliphatic heterocycles. The van der Waals surface area contributed by atoms with E-state index in [2.05, 4.69) is 15.3 Å². The molecule has 168 valence electrons. The second kappa shape index (κ2) is 8.38. The van der Waals surface area contributed by atoms with E-state index in [1.165, 1.54) is 24.0 Å². The molecule has 0 spiro atoms. The minimum atomic E-state index is -4.84. The number of rotatable bonds is 5. The van der Waals surface area contributed by atoms with Crippen LogP contribution in [0.25, 0.3) is 33.7 Å². The van der Waals surface area contributed by atoms with Crippen molar-refractivity contribution in [2.75, 3.05) is 7.05 Å². The normalized spacial score (nSPS) is 12.2. The quantitative estimate of drug-likeness (QED) is 0.434. The lowest BCUT2D eigenvalue weighted by Gasteiger charge is -2.07. The number of hydrogen-bond acceptors (Lipinski definition) is 6. The van der Waals surface area contributed by atoms with Crippen LogP contribution in [0.4, 0.5) is 13.2 Å². The topological polar surface area (TPSA) is 96.8 Å². The molecular formula is C23H18F3N5O2. The molecule has 0 radical (unpaired) electrons. The standard InChI is InChI=1S/C23H18F3N5O2/c1-13-5-7-15(8-6-13)19-22(31-11-9-14-4-3-10-29-18(14)21(31)32)33-20(30-19)16(28-2)12-17(27)23(24,25)26/h3-12,27-28H,1-2H3/b16-12-,27-17?. The number of benzene rings is 1. The van der Waals surface area contributed by atoms with Crippen molar-refractivity contribution in [1.29, 1.82) is 5.41 Å². The molecule has 0 fully saturated rings. The summed E-state index contributed by atoms with van der Waals surface area (Å²) in [5.74, 6) is -0.184. The summed E-state index contributed by atoms with van der Waals surface area (Å²) in [7, 11) is 1.39. The molecule has 7 nitrogen and oxygen atoms in total. The van der Waals surface area contributed by atoms with Crippen LogP contribution in [0.2, 0.25) is 0 Å². The minimum Gasteiger partial charge on any atom is -0.417 e. The first-order valence-corrected chi connectivity index (χ1v) is 9.79. The highest BCUT2D eigenvalue weighted by atomic mass is 19.4. The van der Waals surface area contributed by atoms with Crippen molar-refractivity contribution in [2.45, 2.75) is 13.1 Å². The van der Waals surface area contributed by atoms with Crippen LogP contribution >= 0.6 is 0 Å². The smallest absolute Gasteiger partial charge is 0.417 e. The van der Waals surface area contributed by atoms with Crippen LogP contribution in [0.15, 0.2) is 70.1 Å². The van der Waals surface area contributed by atoms with Crippen LogP contribution in [0, 0.1) is 12.3 Å². The Balaban J connectivity index is 1.95. The molecule has 0 saturated heterocycles. The third-order valence-corrected chi connectivity index (χ3v) is 4.91. The van der Waals surface area contributed by atoms with Gasteiger partial charge in [-0.1, -0.05) is 35.9 Å². The molecule has 10 heteroatoms. The zero-order valence-electron chi connectivity index (χ0n) is 17.6. The average molecular weight is 453 g/mol. The number of halogens is 3. The highest BCUT2D eigenvalue weighted by molar-refractivity contribution is 6.01. The number of aryl methyl sites for hydroxylation is 1. The van der Waals surface area contributed by atoms with Gasteiger partial charge in [0.05, 0.1) is 5.70 Å². The van der Waals surface area contributed by atoms with Crippen molar-refractivity contribution >= 4 is 22.3 Å². The molecule has 0 amide bonds. The largest absolute Gasteiger partial charge is 0.432 e. The molecule has 4 aromatic rings. The third-order valence-electron chi connectivity index (χ3n) is 4.91. The number of fused-ring (bicyclic) bond motifs is 1. The summed E-state index contributed by atoms with van der Waals surface area (Å²) in [6.45, 7) is 1.91. The predicted molar refractivity (Wildman–Crippen MR) is 118 cm³/mol. The Morgan fingerprint density at radius 1 is 1.18 bits per heavy atom. The Hall–Kier alpha value is -4.21. The van der Waals surface area contributed by atoms with E-state index >= 15 is 0 Å². The van der Waals surface area contributed by atoms with Gasteiger partial charge in [-0.2, -0.15) is 13.2 Å². The summed E-state index contributed by atoms with van der Waals surface area (Å²) < 4.78 is 45.8. The van der Waals surface area contributed by atoms with Gasteiger partial charge >= 0.3 is 6.18 Å². The van der Waals surface area contributed by atoms with Gasteiger partial charge in [0.1, 0.15) is 16.9 Å². The highest BCUT2D eigenvalue weighted by Gasteiger charge is 2.33. The first kappa shape index (κ1) is 22.0. The van der Waals surface area contributed by atoms with E-state index in [9.17, 15) is 18.0 Å². The van der Waals surface area contributed by atoms with Crippen molar-refractivity contribution in [3.8, 4) is 17.1 Å². The van der Waals surface area contributed by atoms with E-state index in [1.54, 1.807) is 30.3 Å². The molecule has 2 N–H and O–H groups in total. The lowest BCUT2D eigenvalue weighted by molar-refractivity contribution is -0.0584. The summed E-state index contributed by atoms with van der Waals surface area (Å²) >= 11 is 0. The van der Waals surface area contributed by atoms with Crippen LogP contribution in [-0.4, -0.2) is 33.5 Å². The third kappa shape index (κ3) is 4.27. The maximum Gasteiger partial charge on any atom is 0.432 e. The van der Waals surface area contributed by atoms with Gasteiger partial charge in [0.2, 0.25) is 11.8 Å². The molecule has 0 unspecified atom stereocenters. The molecule has 0 saturated carbocycles. The lowest BCUT2D eigenvalue weighted by Crippen LogP contribution is -2.21. The van der Waals surface area contributed by atoms with Crippen LogP contribution in [-0.2, 0) is 0 Å². The minimum absolute atomic E-state index is 0.0195. The van der Waals surface area contributed by atoms with Gasteiger partial charge in [-0.15, -0.1) is 0 Å². The highest BCUT2D eigenvalue weighted by Crippen LogP contribution is 2.30. The monoisotopic (exact) mass is 453 g/mol. The van der Waals surface area contributed by atoms with Crippen molar-refractivity contribution in [2.24, 2.45) is 0 Å². The van der Waals surface area contributed by atoms with E-state index in [0.717, 1.165) is 5.56 Å². The molecule has 1 aromatic carbocycles. The maximum absolute atomic E-state index is 13.1. The summed E-state index contributed by atoms with van der Waals surface area (Å²) in [5.41, 5.74) is -0.162. The van der Waals surface area contributed by atoms with Crippen LogP contribution in [0.3, 0.4) is 0 Å². The van der Waals surface area contributed by atoms with E-state index in [0.29, 0.717) is 17.0 Å². The molecule has 0 aliphatic rings. The number of nitrogens with one attached hydrogen (secondary N) is 2. The van der Waals surface area contributed by atoms with Gasteiger partial charge in [0.15, 0.2) is 0 Å². The molecule has 3 heterocycles. The van der Waals surface area contributed by atoms with E-state index in [1.807, 2.05) is 19.1 Å². The van der Waals surface area contributed by atoms with Crippen molar-refractivity contribution in [3.05, 3.63) is 82.7 Å². The number of pyridine rings is 2. The lowest BCUT2D eigenvalue weighted by atomic mass is 10.1. The SMILES string of the molecule is CN/C(=C\C(=N)C(F)(F)F)c1nc(-c2ccc(C)cc2)c(-n2ccc3cccnc3c2=O)o1. The fourth-order valence-electron chi connectivity index (χ4n) is 3.18. The summed E-state index contributed by atoms with van der Waals surface area (Å²) in [4.78, 5) is 21.6. The Morgan fingerprint density at radius 2 is 1.91 bits per heavy atom. The number of nitrogens with zero attached hydrogens (tertiary/aromatic N) is 3. The number of alkyl halides is 3. The number of aromatic nitrogens is 3. The molecule has 0 aliphatic carbocycles. The van der Waals surface area contributed by atoms with Gasteiger partial charge in [-0.25, -0.2) is 4.98 Å². The Morgan fingerprint density at radius 3 is 2.58 bits per heavy atom. The fourth-order valence-corrected chi connectivity index (χ4v) is 3.18. The number of hydrogen-bond donors (Lipinski definition) is 2. The first-order valence-electron chi connectivity index (χ1n) is 9.79. The number of oxazole rings is 1. The van der Waals surface area contributed by atoms with Crippen LogP contribution in [0.1, 0.15) is 11.5 Å². The molecule has 0 atom stereocenters. The maximum atomic E-state index is 13.1. The molecule has 3 aromatic heterocycles. The van der Waals surface area contributed by atoms with Gasteiger partial charge < -0.3 is 9.73 Å². The van der Waals surface area contributed by atoms with Crippen LogP contribution < -0.4 is 10.9 Å². The number of allylic oxidation sites excluding steroid dienone is 1. The summed E-state index contributed by atoms with van der Waals surface area (Å²) in [6.07, 6.45) is -1.27. The predicted octanol–water partition coefficient (Wildman–Crippen LogP) is 4.49. The molecular weight excluding hydrogens is 435 g/mol. The van der Waals surface area contributed by atoms with Gasteiger partial charge in [0.25, 0.3) is 5.56 Å². The average Bonchev–Trinajstić information content (AvgIpc) is 3.22. The van der Waals surface area contributed by atoms with E-state index in [4.69, 9.17) is 9.83 Å². The van der Waals surface area contributed by atoms with Crippen molar-refractivity contribution in [3.63, 3.8) is 0 Å². The Labute approximate surface area is 185 Å². The fraction of sp³-hybridized carbons (Fsp3) is 0.130. The molecule has 4 rings (SSSR count). The van der Waals surface area contributed by atoms with Crippen LogP contribution in [0.5, 0.6) is 0 Å². The van der Waals surface area contributed by atoms with E-state index < -0.39 is 17.4 Å². The second-order valence-corrected chi connectivity index (χ2v) is 7.19. The zero-order chi connectivity index (χ0) is 23.8. The van der Waals surface area contributed by atoms with Gasteiger partial charge in [0, 0.05) is 30.4 Å². The Kier molecular flexibility index (Phi) is 5.59. The van der Waals surface area contributed by atoms with E-state index in [-0.39, 0.29) is 28.7 Å². The van der Waals surface area contributed by atoms with Gasteiger partial charge in [-0.3, -0.25) is 19.8 Å². The van der Waals surface area contributed by atoms with Crippen molar-refractivity contribution in [1.82, 2.24) is 19.9 Å². The summed E-state index contributed by atoms with van der Waals surface area (Å²) in [6, 6.07) is 12.3. The zero-order valence-corrected chi connectivity index (χ0v) is 17.6. The molecule has 33 heavy (non-hydrogen) atoms. The molecule has 0 bridgehead atoms. The van der Waals surface area contributed by atoms with Gasteiger partial charge in [-0.05, 0) is 25.1 Å². The van der Waals surface area contributed by atoms with Crippen molar-refractivity contribution < 1.29 is 17.6 Å². The second-order valence-electron chi connectivity index (χ2n) is 7.19. The first-order chi connectivity index (χ1) is 15.7. The Bertz CT molecular complexity index is 1430.